The Morgan fingerprint density at radius 2 is 1.89 bits per heavy atom. The minimum Gasteiger partial charge on any atom is -0.455 e. The highest BCUT2D eigenvalue weighted by Crippen LogP contribution is 2.38. The van der Waals surface area contributed by atoms with E-state index in [1.807, 2.05) is 13.8 Å². The molecule has 2 aliphatic rings. The molecule has 0 saturated heterocycles. The molecular formula is C22H24N2O4. The van der Waals surface area contributed by atoms with E-state index >= 15 is 0 Å². The van der Waals surface area contributed by atoms with Crippen LogP contribution >= 0.6 is 0 Å². The maximum absolute atomic E-state index is 12.8. The van der Waals surface area contributed by atoms with Crippen molar-refractivity contribution in [1.82, 2.24) is 5.32 Å². The van der Waals surface area contributed by atoms with Gasteiger partial charge in [-0.05, 0) is 43.4 Å². The van der Waals surface area contributed by atoms with Crippen molar-refractivity contribution in [3.8, 4) is 0 Å². The molecule has 0 aliphatic heterocycles. The first-order chi connectivity index (χ1) is 13.2. The second kappa shape index (κ2) is 6.62. The van der Waals surface area contributed by atoms with E-state index in [0.29, 0.717) is 41.0 Å². The van der Waals surface area contributed by atoms with E-state index in [0.717, 1.165) is 12.8 Å². The first kappa shape index (κ1) is 18.5. The average Bonchev–Trinajstić information content (AvgIpc) is 3.35. The molecule has 1 heterocycles. The van der Waals surface area contributed by atoms with Crippen LogP contribution in [0.1, 0.15) is 75.7 Å². The number of carbonyl (C=O) groups excluding carboxylic acids is 3. The highest BCUT2D eigenvalue weighted by molar-refractivity contribution is 6.08. The lowest BCUT2D eigenvalue weighted by Crippen LogP contribution is -2.26. The van der Waals surface area contributed by atoms with Crippen LogP contribution in [-0.4, -0.2) is 23.6 Å². The molecule has 1 aromatic heterocycles. The third-order valence-corrected chi connectivity index (χ3v) is 5.28. The quantitative estimate of drug-likeness (QED) is 0.842. The molecule has 0 unspecified atom stereocenters. The zero-order chi connectivity index (χ0) is 20.1. The van der Waals surface area contributed by atoms with Gasteiger partial charge in [0.05, 0.1) is 5.56 Å². The van der Waals surface area contributed by atoms with Gasteiger partial charge in [-0.2, -0.15) is 0 Å². The number of rotatable bonds is 4. The highest BCUT2D eigenvalue weighted by Gasteiger charge is 2.37. The van der Waals surface area contributed by atoms with Gasteiger partial charge in [0.25, 0.3) is 11.8 Å². The molecule has 0 radical (unpaired) electrons. The van der Waals surface area contributed by atoms with Crippen LogP contribution in [0.15, 0.2) is 28.7 Å². The number of Topliss-reactive ketones (excluding diaryl/α,β-unsaturated/α-hetero) is 1. The van der Waals surface area contributed by atoms with Crippen molar-refractivity contribution >= 4 is 23.3 Å². The second-order valence-electron chi connectivity index (χ2n) is 8.58. The van der Waals surface area contributed by atoms with E-state index in [4.69, 9.17) is 4.42 Å². The van der Waals surface area contributed by atoms with Crippen LogP contribution in [0.5, 0.6) is 0 Å². The molecule has 1 fully saturated rings. The van der Waals surface area contributed by atoms with Gasteiger partial charge in [0.2, 0.25) is 0 Å². The fraction of sp³-hybridized carbons (Fsp3) is 0.409. The zero-order valence-corrected chi connectivity index (χ0v) is 16.3. The Hall–Kier alpha value is -2.89. The van der Waals surface area contributed by atoms with Gasteiger partial charge in [-0.25, -0.2) is 0 Å². The van der Waals surface area contributed by atoms with Crippen LogP contribution in [0.2, 0.25) is 0 Å². The Morgan fingerprint density at radius 3 is 2.61 bits per heavy atom. The number of fused-ring (bicyclic) bond motifs is 1. The van der Waals surface area contributed by atoms with Gasteiger partial charge >= 0.3 is 0 Å². The number of furan rings is 1. The highest BCUT2D eigenvalue weighted by atomic mass is 16.4. The van der Waals surface area contributed by atoms with Crippen molar-refractivity contribution < 1.29 is 18.8 Å². The molecule has 1 aromatic carbocycles. The monoisotopic (exact) mass is 380 g/mol. The van der Waals surface area contributed by atoms with E-state index in [2.05, 4.69) is 10.6 Å². The molecule has 1 saturated carbocycles. The Morgan fingerprint density at radius 1 is 1.14 bits per heavy atom. The summed E-state index contributed by atoms with van der Waals surface area (Å²) >= 11 is 0. The number of ketones is 1. The Kier molecular flexibility index (Phi) is 4.37. The van der Waals surface area contributed by atoms with E-state index < -0.39 is 5.91 Å². The van der Waals surface area contributed by atoms with Crippen molar-refractivity contribution in [2.75, 3.05) is 5.32 Å². The number of benzene rings is 1. The van der Waals surface area contributed by atoms with Crippen molar-refractivity contribution in [2.24, 2.45) is 5.41 Å². The molecule has 6 heteroatoms. The summed E-state index contributed by atoms with van der Waals surface area (Å²) in [5, 5.41) is 5.71. The second-order valence-corrected chi connectivity index (χ2v) is 8.58. The summed E-state index contributed by atoms with van der Waals surface area (Å²) in [5.74, 6) is 0.198. The van der Waals surface area contributed by atoms with Crippen molar-refractivity contribution in [1.29, 1.82) is 0 Å². The summed E-state index contributed by atoms with van der Waals surface area (Å²) in [5.41, 5.74) is 1.95. The Labute approximate surface area is 163 Å². The first-order valence-corrected chi connectivity index (χ1v) is 9.61. The van der Waals surface area contributed by atoms with Crippen LogP contribution in [0.25, 0.3) is 0 Å². The SMILES string of the molecule is Cc1c(C(=O)Nc2cccc(C(=O)NC3CC3)c2)oc2c1C(=O)CC(C)(C)C2. The maximum atomic E-state index is 12.8. The molecule has 2 amide bonds. The number of nitrogens with one attached hydrogen (secondary N) is 2. The fourth-order valence-corrected chi connectivity index (χ4v) is 3.72. The lowest BCUT2D eigenvalue weighted by Gasteiger charge is -2.27. The van der Waals surface area contributed by atoms with Gasteiger partial charge in [0, 0.05) is 35.7 Å². The third-order valence-electron chi connectivity index (χ3n) is 5.28. The molecular weight excluding hydrogens is 356 g/mol. The molecule has 2 aliphatic carbocycles. The number of hydrogen-bond donors (Lipinski definition) is 2. The molecule has 0 atom stereocenters. The van der Waals surface area contributed by atoms with Crippen molar-refractivity contribution in [3.63, 3.8) is 0 Å². The summed E-state index contributed by atoms with van der Waals surface area (Å²) in [6.07, 6.45) is 3.10. The van der Waals surface area contributed by atoms with E-state index in [-0.39, 0.29) is 28.9 Å². The Balaban J connectivity index is 1.55. The summed E-state index contributed by atoms with van der Waals surface area (Å²) in [7, 11) is 0. The van der Waals surface area contributed by atoms with Crippen molar-refractivity contribution in [2.45, 2.75) is 52.5 Å². The van der Waals surface area contributed by atoms with E-state index in [9.17, 15) is 14.4 Å². The van der Waals surface area contributed by atoms with Crippen molar-refractivity contribution in [3.05, 3.63) is 52.5 Å². The lowest BCUT2D eigenvalue weighted by atomic mass is 9.76. The van der Waals surface area contributed by atoms with Crippen LogP contribution < -0.4 is 10.6 Å². The molecule has 4 rings (SSSR count). The maximum Gasteiger partial charge on any atom is 0.291 e. The minimum atomic E-state index is -0.419. The normalized spacial score (nSPS) is 17.8. The number of amides is 2. The predicted octanol–water partition coefficient (Wildman–Crippen LogP) is 3.89. The Bertz CT molecular complexity index is 982. The smallest absolute Gasteiger partial charge is 0.291 e. The summed E-state index contributed by atoms with van der Waals surface area (Å²) < 4.78 is 5.80. The van der Waals surface area contributed by atoms with Crippen LogP contribution in [0.4, 0.5) is 5.69 Å². The first-order valence-electron chi connectivity index (χ1n) is 9.61. The van der Waals surface area contributed by atoms with Crippen LogP contribution in [0.3, 0.4) is 0 Å². The van der Waals surface area contributed by atoms with E-state index in [1.165, 1.54) is 0 Å². The topological polar surface area (TPSA) is 88.4 Å². The average molecular weight is 380 g/mol. The van der Waals surface area contributed by atoms with Gasteiger partial charge < -0.3 is 15.1 Å². The molecule has 0 bridgehead atoms. The molecule has 2 aromatic rings. The zero-order valence-electron chi connectivity index (χ0n) is 16.3. The molecule has 2 N–H and O–H groups in total. The fourth-order valence-electron chi connectivity index (χ4n) is 3.72. The standard InChI is InChI=1S/C22H24N2O4/c1-12-18-16(25)10-22(2,3)11-17(18)28-19(12)21(27)24-15-6-4-5-13(9-15)20(26)23-14-7-8-14/h4-6,9,14H,7-8,10-11H2,1-3H3,(H,23,26)(H,24,27). The third kappa shape index (κ3) is 3.59. The van der Waals surface area contributed by atoms with Crippen LogP contribution in [-0.2, 0) is 6.42 Å². The predicted molar refractivity (Wildman–Crippen MR) is 105 cm³/mol. The van der Waals surface area contributed by atoms with Gasteiger partial charge in [-0.3, -0.25) is 14.4 Å². The molecule has 6 nitrogen and oxygen atoms in total. The molecule has 0 spiro atoms. The molecule has 28 heavy (non-hydrogen) atoms. The van der Waals surface area contributed by atoms with Gasteiger partial charge in [-0.15, -0.1) is 0 Å². The number of carbonyl (C=O) groups is 3. The minimum absolute atomic E-state index is 0.0188. The number of anilines is 1. The summed E-state index contributed by atoms with van der Waals surface area (Å²) in [6, 6.07) is 7.07. The molecule has 146 valence electrons. The van der Waals surface area contributed by atoms with E-state index in [1.54, 1.807) is 31.2 Å². The van der Waals surface area contributed by atoms with Gasteiger partial charge in [-0.1, -0.05) is 19.9 Å². The summed E-state index contributed by atoms with van der Waals surface area (Å²) in [6.45, 7) is 5.78. The number of hydrogen-bond acceptors (Lipinski definition) is 4. The lowest BCUT2D eigenvalue weighted by molar-refractivity contribution is 0.0897. The summed E-state index contributed by atoms with van der Waals surface area (Å²) in [4.78, 5) is 37.5. The van der Waals surface area contributed by atoms with Gasteiger partial charge in [0.1, 0.15) is 5.76 Å². The van der Waals surface area contributed by atoms with Crippen LogP contribution in [0, 0.1) is 12.3 Å². The largest absolute Gasteiger partial charge is 0.455 e. The van der Waals surface area contributed by atoms with Gasteiger partial charge in [0.15, 0.2) is 11.5 Å².